The Morgan fingerprint density at radius 1 is 0.971 bits per heavy atom. The predicted octanol–water partition coefficient (Wildman–Crippen LogP) is 3.39. The van der Waals surface area contributed by atoms with Gasteiger partial charge in [0.05, 0.1) is 24.0 Å². The molecule has 0 bridgehead atoms. The van der Waals surface area contributed by atoms with Crippen LogP contribution in [0.25, 0.3) is 0 Å². The van der Waals surface area contributed by atoms with E-state index in [9.17, 15) is 23.3 Å². The van der Waals surface area contributed by atoms with E-state index in [1.807, 2.05) is 12.1 Å². The quantitative estimate of drug-likeness (QED) is 0.332. The summed E-state index contributed by atoms with van der Waals surface area (Å²) >= 11 is 0. The predicted molar refractivity (Wildman–Crippen MR) is 126 cm³/mol. The van der Waals surface area contributed by atoms with Gasteiger partial charge in [0.1, 0.15) is 0 Å². The second-order valence-electron chi connectivity index (χ2n) is 7.13. The summed E-state index contributed by atoms with van der Waals surface area (Å²) in [6, 6.07) is 16.1. The number of ether oxygens (including phenoxy) is 2. The molecule has 1 amide bonds. The van der Waals surface area contributed by atoms with Crippen molar-refractivity contribution in [3.63, 3.8) is 0 Å². The Morgan fingerprint density at radius 2 is 1.68 bits per heavy atom. The fraction of sp³-hybridized carbons (Fsp3) is 0.174. The van der Waals surface area contributed by atoms with Crippen molar-refractivity contribution in [1.82, 2.24) is 5.32 Å². The van der Waals surface area contributed by atoms with Crippen molar-refractivity contribution >= 4 is 27.3 Å². The van der Waals surface area contributed by atoms with Gasteiger partial charge in [0, 0.05) is 29.9 Å². The van der Waals surface area contributed by atoms with Crippen molar-refractivity contribution in [3.8, 4) is 11.5 Å². The molecule has 0 saturated carbocycles. The number of carbonyl (C=O) groups excluding carboxylic acids is 1. The second kappa shape index (κ2) is 10.7. The molecule has 0 aliphatic rings. The lowest BCUT2D eigenvalue weighted by Gasteiger charge is -2.11. The monoisotopic (exact) mass is 485 g/mol. The van der Waals surface area contributed by atoms with Gasteiger partial charge in [-0.1, -0.05) is 12.1 Å². The minimum absolute atomic E-state index is 0.216. The van der Waals surface area contributed by atoms with Crippen LogP contribution in [-0.2, 0) is 16.4 Å². The highest BCUT2D eigenvalue weighted by molar-refractivity contribution is 7.92. The van der Waals surface area contributed by atoms with Gasteiger partial charge in [0.15, 0.2) is 11.5 Å². The number of rotatable bonds is 10. The normalized spacial score (nSPS) is 10.9. The topological polar surface area (TPSA) is 137 Å². The van der Waals surface area contributed by atoms with Crippen LogP contribution in [0.5, 0.6) is 11.5 Å². The van der Waals surface area contributed by atoms with Crippen LogP contribution in [0.2, 0.25) is 0 Å². The van der Waals surface area contributed by atoms with Gasteiger partial charge in [-0.15, -0.1) is 0 Å². The summed E-state index contributed by atoms with van der Waals surface area (Å²) in [6.07, 6.45) is 0.577. The summed E-state index contributed by atoms with van der Waals surface area (Å²) in [4.78, 5) is 22.4. The maximum atomic E-state index is 12.5. The highest BCUT2D eigenvalue weighted by Crippen LogP contribution is 2.27. The first kappa shape index (κ1) is 24.5. The molecular weight excluding hydrogens is 462 g/mol. The second-order valence-corrected chi connectivity index (χ2v) is 8.81. The number of nitrogens with zero attached hydrogens (tertiary/aromatic N) is 1. The summed E-state index contributed by atoms with van der Waals surface area (Å²) in [5.41, 5.74) is 1.20. The summed E-state index contributed by atoms with van der Waals surface area (Å²) in [5.74, 6) is 0.916. The zero-order chi connectivity index (χ0) is 24.7. The zero-order valence-electron chi connectivity index (χ0n) is 18.5. The Bertz CT molecular complexity index is 1290. The molecule has 3 aromatic rings. The minimum atomic E-state index is -4.03. The van der Waals surface area contributed by atoms with Crippen molar-refractivity contribution in [3.05, 3.63) is 88.0 Å². The van der Waals surface area contributed by atoms with E-state index in [-0.39, 0.29) is 22.2 Å². The van der Waals surface area contributed by atoms with Crippen LogP contribution in [0.3, 0.4) is 0 Å². The van der Waals surface area contributed by atoms with Crippen LogP contribution in [0, 0.1) is 10.1 Å². The van der Waals surface area contributed by atoms with Crippen molar-refractivity contribution < 1.29 is 27.6 Å². The number of hydrogen-bond acceptors (Lipinski definition) is 7. The summed E-state index contributed by atoms with van der Waals surface area (Å²) in [5, 5.41) is 13.7. The molecule has 0 saturated heterocycles. The van der Waals surface area contributed by atoms with Gasteiger partial charge in [-0.05, 0) is 54.4 Å². The SMILES string of the molecule is COc1ccc(CCNC(=O)c2ccc(NS(=O)(=O)c3cccc([N+](=O)[O-])c3)cc2)cc1OC. The lowest BCUT2D eigenvalue weighted by molar-refractivity contribution is -0.385. The Hall–Kier alpha value is -4.12. The molecule has 0 heterocycles. The van der Waals surface area contributed by atoms with Crippen LogP contribution in [0.4, 0.5) is 11.4 Å². The first-order chi connectivity index (χ1) is 16.2. The van der Waals surface area contributed by atoms with E-state index < -0.39 is 14.9 Å². The Morgan fingerprint density at radius 3 is 2.32 bits per heavy atom. The van der Waals surface area contributed by atoms with Gasteiger partial charge in [-0.3, -0.25) is 19.6 Å². The average Bonchev–Trinajstić information content (AvgIpc) is 2.84. The number of non-ortho nitro benzene ring substituents is 1. The van der Waals surface area contributed by atoms with E-state index in [1.54, 1.807) is 20.3 Å². The Kier molecular flexibility index (Phi) is 7.69. The number of hydrogen-bond donors (Lipinski definition) is 2. The summed E-state index contributed by atoms with van der Waals surface area (Å²) < 4.78 is 37.9. The number of sulfonamides is 1. The van der Waals surface area contributed by atoms with Gasteiger partial charge in [0.2, 0.25) is 0 Å². The highest BCUT2D eigenvalue weighted by Gasteiger charge is 2.18. The van der Waals surface area contributed by atoms with E-state index in [0.717, 1.165) is 11.6 Å². The number of carbonyl (C=O) groups is 1. The number of methoxy groups -OCH3 is 2. The van der Waals surface area contributed by atoms with Crippen molar-refractivity contribution in [2.45, 2.75) is 11.3 Å². The van der Waals surface area contributed by atoms with E-state index in [4.69, 9.17) is 9.47 Å². The number of benzene rings is 3. The minimum Gasteiger partial charge on any atom is -0.493 e. The van der Waals surface area contributed by atoms with E-state index in [1.165, 1.54) is 42.5 Å². The molecule has 0 aliphatic carbocycles. The van der Waals surface area contributed by atoms with Crippen molar-refractivity contribution in [2.75, 3.05) is 25.5 Å². The largest absolute Gasteiger partial charge is 0.493 e. The molecule has 0 atom stereocenters. The fourth-order valence-corrected chi connectivity index (χ4v) is 4.22. The Balaban J connectivity index is 1.59. The number of nitrogens with one attached hydrogen (secondary N) is 2. The molecule has 3 aromatic carbocycles. The van der Waals surface area contributed by atoms with E-state index >= 15 is 0 Å². The van der Waals surface area contributed by atoms with Crippen molar-refractivity contribution in [1.29, 1.82) is 0 Å². The molecule has 34 heavy (non-hydrogen) atoms. The first-order valence-electron chi connectivity index (χ1n) is 10.1. The molecular formula is C23H23N3O7S. The first-order valence-corrected chi connectivity index (χ1v) is 11.6. The fourth-order valence-electron chi connectivity index (χ4n) is 3.13. The summed E-state index contributed by atoms with van der Waals surface area (Å²) in [7, 11) is -0.923. The van der Waals surface area contributed by atoms with Gasteiger partial charge >= 0.3 is 0 Å². The molecule has 0 spiro atoms. The van der Waals surface area contributed by atoms with Crippen LogP contribution in [0.15, 0.2) is 71.6 Å². The van der Waals surface area contributed by atoms with Crippen LogP contribution in [0.1, 0.15) is 15.9 Å². The molecule has 0 aromatic heterocycles. The third-order valence-electron chi connectivity index (χ3n) is 4.89. The van der Waals surface area contributed by atoms with Gasteiger partial charge in [-0.2, -0.15) is 0 Å². The number of nitro benzene ring substituents is 1. The lowest BCUT2D eigenvalue weighted by atomic mass is 10.1. The van der Waals surface area contributed by atoms with Crippen LogP contribution in [-0.4, -0.2) is 40.0 Å². The highest BCUT2D eigenvalue weighted by atomic mass is 32.2. The molecule has 0 fully saturated rings. The van der Waals surface area contributed by atoms with Gasteiger partial charge < -0.3 is 14.8 Å². The van der Waals surface area contributed by atoms with E-state index in [0.29, 0.717) is 30.0 Å². The third kappa shape index (κ3) is 6.01. The smallest absolute Gasteiger partial charge is 0.270 e. The van der Waals surface area contributed by atoms with Crippen molar-refractivity contribution in [2.24, 2.45) is 0 Å². The molecule has 178 valence electrons. The average molecular weight is 486 g/mol. The maximum absolute atomic E-state index is 12.5. The molecule has 2 N–H and O–H groups in total. The number of anilines is 1. The van der Waals surface area contributed by atoms with Gasteiger partial charge in [-0.25, -0.2) is 8.42 Å². The standard InChI is InChI=1S/C23H23N3O7S/c1-32-21-11-6-16(14-22(21)33-2)12-13-24-23(27)17-7-9-18(10-8-17)25-34(30,31)20-5-3-4-19(15-20)26(28)29/h3-11,14-15,25H,12-13H2,1-2H3,(H,24,27). The number of nitro groups is 1. The Labute approximate surface area is 196 Å². The maximum Gasteiger partial charge on any atom is 0.270 e. The van der Waals surface area contributed by atoms with Crippen LogP contribution < -0.4 is 19.5 Å². The molecule has 0 unspecified atom stereocenters. The van der Waals surface area contributed by atoms with Gasteiger partial charge in [0.25, 0.3) is 21.6 Å². The number of amides is 1. The third-order valence-corrected chi connectivity index (χ3v) is 6.26. The molecule has 0 aliphatic heterocycles. The molecule has 3 rings (SSSR count). The zero-order valence-corrected chi connectivity index (χ0v) is 19.3. The molecule has 10 nitrogen and oxygen atoms in total. The van der Waals surface area contributed by atoms with E-state index in [2.05, 4.69) is 10.0 Å². The van der Waals surface area contributed by atoms with Crippen LogP contribution >= 0.6 is 0 Å². The molecule has 11 heteroatoms. The summed E-state index contributed by atoms with van der Waals surface area (Å²) in [6.45, 7) is 0.384. The lowest BCUT2D eigenvalue weighted by Crippen LogP contribution is -2.25. The molecule has 0 radical (unpaired) electrons.